The first kappa shape index (κ1) is 20.4. The van der Waals surface area contributed by atoms with Gasteiger partial charge < -0.3 is 4.98 Å². The van der Waals surface area contributed by atoms with Crippen LogP contribution in [-0.2, 0) is 12.8 Å². The molecule has 3 heterocycles. The van der Waals surface area contributed by atoms with E-state index < -0.39 is 0 Å². The molecule has 180 valence electrons. The molecule has 0 saturated carbocycles. The van der Waals surface area contributed by atoms with E-state index in [4.69, 9.17) is 0 Å². The predicted molar refractivity (Wildman–Crippen MR) is 157 cm³/mol. The lowest BCUT2D eigenvalue weighted by Gasteiger charge is -2.23. The van der Waals surface area contributed by atoms with E-state index in [2.05, 4.69) is 106 Å². The smallest absolute Gasteiger partial charge is 0.122 e. The predicted octanol–water partition coefficient (Wildman–Crippen LogP) is 8.14. The standard InChI is InChI=1S/C35H25N3/c1-2-7-26-25(6-1)28-9-3-8-27-24(14-15-29(26)34(27)28)21-10-12-23(13-11-21)38-33-19-22-5-4-17-36-32(22)20-31(33)30-16-18-37-35(30)38/h1-2,4-7,9-18,20,22,37H,3,8,19H2. The molecule has 0 bridgehead atoms. The summed E-state index contributed by atoms with van der Waals surface area (Å²) < 4.78 is 2.41. The number of nitrogens with zero attached hydrogens (tertiary/aromatic N) is 2. The SMILES string of the molecule is C1=CC2Cc3c(c4cc[nH]c4n3-c3ccc(-c4ccc5c6c4CCC=C6c4ccccc4-5)cc3)C=C2N=C1. The van der Waals surface area contributed by atoms with Gasteiger partial charge in [-0.05, 0) is 87.7 Å². The topological polar surface area (TPSA) is 33.1 Å². The number of allylic oxidation sites excluding steroid dienone is 3. The largest absolute Gasteiger partial charge is 0.347 e. The van der Waals surface area contributed by atoms with Crippen LogP contribution in [0.2, 0.25) is 0 Å². The maximum absolute atomic E-state index is 4.66. The van der Waals surface area contributed by atoms with Crippen LogP contribution < -0.4 is 0 Å². The molecule has 38 heavy (non-hydrogen) atoms. The van der Waals surface area contributed by atoms with Crippen LogP contribution in [0.1, 0.15) is 34.4 Å². The zero-order valence-electron chi connectivity index (χ0n) is 20.9. The fraction of sp³-hybridized carbons (Fsp3) is 0.114. The Balaban J connectivity index is 1.16. The molecule has 0 fully saturated rings. The minimum Gasteiger partial charge on any atom is -0.347 e. The van der Waals surface area contributed by atoms with Crippen molar-refractivity contribution >= 4 is 28.9 Å². The third-order valence-corrected chi connectivity index (χ3v) is 8.83. The molecule has 0 spiro atoms. The van der Waals surface area contributed by atoms with Crippen molar-refractivity contribution in [3.63, 3.8) is 0 Å². The van der Waals surface area contributed by atoms with E-state index in [0.29, 0.717) is 5.92 Å². The molecule has 4 aliphatic rings. The van der Waals surface area contributed by atoms with Gasteiger partial charge in [0.2, 0.25) is 0 Å². The maximum atomic E-state index is 4.66. The summed E-state index contributed by atoms with van der Waals surface area (Å²) >= 11 is 0. The van der Waals surface area contributed by atoms with Crippen LogP contribution in [0, 0.1) is 5.92 Å². The van der Waals surface area contributed by atoms with Gasteiger partial charge in [-0.2, -0.15) is 0 Å². The van der Waals surface area contributed by atoms with Gasteiger partial charge in [0.25, 0.3) is 0 Å². The average Bonchev–Trinajstić information content (AvgIpc) is 3.65. The monoisotopic (exact) mass is 487 g/mol. The molecule has 5 aromatic rings. The summed E-state index contributed by atoms with van der Waals surface area (Å²) in [5.74, 6) is 0.343. The Kier molecular flexibility index (Phi) is 4.01. The lowest BCUT2D eigenvalue weighted by atomic mass is 9.84. The normalized spacial score (nSPS) is 18.1. The van der Waals surface area contributed by atoms with Crippen LogP contribution in [0.4, 0.5) is 0 Å². The third-order valence-electron chi connectivity index (χ3n) is 8.83. The van der Waals surface area contributed by atoms with Gasteiger partial charge >= 0.3 is 0 Å². The summed E-state index contributed by atoms with van der Waals surface area (Å²) in [6, 6.07) is 24.9. The molecule has 1 N–H and O–H groups in total. The van der Waals surface area contributed by atoms with E-state index in [9.17, 15) is 0 Å². The molecule has 3 heteroatoms. The summed E-state index contributed by atoms with van der Waals surface area (Å²) in [6.07, 6.45) is 16.2. The van der Waals surface area contributed by atoms with Crippen molar-refractivity contribution in [3.8, 4) is 27.9 Å². The Bertz CT molecular complexity index is 1940. The van der Waals surface area contributed by atoms with E-state index in [1.54, 1.807) is 0 Å². The Labute approximate surface area is 221 Å². The van der Waals surface area contributed by atoms with Crippen LogP contribution in [0.3, 0.4) is 0 Å². The van der Waals surface area contributed by atoms with E-state index in [1.165, 1.54) is 66.8 Å². The quantitative estimate of drug-likeness (QED) is 0.256. The zero-order chi connectivity index (χ0) is 24.8. The Morgan fingerprint density at radius 3 is 2.66 bits per heavy atom. The van der Waals surface area contributed by atoms with Crippen molar-refractivity contribution in [2.24, 2.45) is 10.9 Å². The summed E-state index contributed by atoms with van der Waals surface area (Å²) in [6.45, 7) is 0. The minimum absolute atomic E-state index is 0.343. The minimum atomic E-state index is 0.343. The first-order chi connectivity index (χ1) is 18.8. The summed E-state index contributed by atoms with van der Waals surface area (Å²) in [5, 5.41) is 1.27. The highest BCUT2D eigenvalue weighted by molar-refractivity contribution is 6.04. The second kappa shape index (κ2) is 7.45. The van der Waals surface area contributed by atoms with Crippen molar-refractivity contribution in [1.29, 1.82) is 0 Å². The fourth-order valence-electron chi connectivity index (χ4n) is 7.16. The van der Waals surface area contributed by atoms with Gasteiger partial charge in [-0.3, -0.25) is 9.56 Å². The Morgan fingerprint density at radius 2 is 1.74 bits per heavy atom. The number of benzene rings is 3. The lowest BCUT2D eigenvalue weighted by Crippen LogP contribution is -2.15. The molecule has 0 amide bonds. The molecular formula is C35H25N3. The summed E-state index contributed by atoms with van der Waals surface area (Å²) in [5.41, 5.74) is 17.4. The van der Waals surface area contributed by atoms with Crippen LogP contribution >= 0.6 is 0 Å². The molecule has 1 atom stereocenters. The summed E-state index contributed by atoms with van der Waals surface area (Å²) in [7, 11) is 0. The van der Waals surface area contributed by atoms with Crippen molar-refractivity contribution in [2.75, 3.05) is 0 Å². The first-order valence-electron chi connectivity index (χ1n) is 13.6. The van der Waals surface area contributed by atoms with Gasteiger partial charge in [0.1, 0.15) is 5.65 Å². The van der Waals surface area contributed by atoms with E-state index in [0.717, 1.165) is 30.6 Å². The number of aromatic amines is 1. The molecule has 1 unspecified atom stereocenters. The highest BCUT2D eigenvalue weighted by Crippen LogP contribution is 2.50. The number of nitrogens with one attached hydrogen (secondary N) is 1. The van der Waals surface area contributed by atoms with Gasteiger partial charge in [-0.1, -0.05) is 60.7 Å². The molecular weight excluding hydrogens is 462 g/mol. The number of fused-ring (bicyclic) bond motifs is 7. The molecule has 2 aromatic heterocycles. The molecule has 1 aliphatic heterocycles. The van der Waals surface area contributed by atoms with Gasteiger partial charge in [-0.25, -0.2) is 0 Å². The molecule has 0 saturated heterocycles. The van der Waals surface area contributed by atoms with Crippen LogP contribution in [0.25, 0.3) is 50.6 Å². The molecule has 3 aliphatic carbocycles. The van der Waals surface area contributed by atoms with Crippen molar-refractivity contribution in [3.05, 3.63) is 125 Å². The van der Waals surface area contributed by atoms with E-state index in [1.807, 2.05) is 12.4 Å². The number of aromatic nitrogens is 2. The van der Waals surface area contributed by atoms with Crippen LogP contribution in [0.5, 0.6) is 0 Å². The highest BCUT2D eigenvalue weighted by atomic mass is 15.1. The number of aliphatic imine (C=N–C) groups is 1. The van der Waals surface area contributed by atoms with Crippen molar-refractivity contribution < 1.29 is 0 Å². The van der Waals surface area contributed by atoms with Crippen molar-refractivity contribution in [2.45, 2.75) is 19.3 Å². The number of rotatable bonds is 2. The van der Waals surface area contributed by atoms with Gasteiger partial charge in [-0.15, -0.1) is 0 Å². The molecule has 9 rings (SSSR count). The average molecular weight is 488 g/mol. The number of hydrogen-bond donors (Lipinski definition) is 1. The lowest BCUT2D eigenvalue weighted by molar-refractivity contribution is 0.704. The number of H-pyrrole nitrogens is 1. The van der Waals surface area contributed by atoms with Crippen molar-refractivity contribution in [1.82, 2.24) is 9.55 Å². The highest BCUT2D eigenvalue weighted by Gasteiger charge is 2.30. The van der Waals surface area contributed by atoms with Gasteiger partial charge in [0, 0.05) is 52.8 Å². The van der Waals surface area contributed by atoms with Crippen LogP contribution in [-0.4, -0.2) is 15.8 Å². The second-order valence-electron chi connectivity index (χ2n) is 10.7. The first-order valence-corrected chi connectivity index (χ1v) is 13.6. The second-order valence-corrected chi connectivity index (χ2v) is 10.7. The third kappa shape index (κ3) is 2.66. The van der Waals surface area contributed by atoms with Gasteiger partial charge in [0.05, 0.1) is 0 Å². The molecule has 3 aromatic carbocycles. The summed E-state index contributed by atoms with van der Waals surface area (Å²) in [4.78, 5) is 8.17. The molecule has 3 nitrogen and oxygen atoms in total. The zero-order valence-corrected chi connectivity index (χ0v) is 20.9. The Morgan fingerprint density at radius 1 is 0.868 bits per heavy atom. The fourth-order valence-corrected chi connectivity index (χ4v) is 7.16. The Hall–Kier alpha value is -4.63. The number of dihydropyridines is 1. The van der Waals surface area contributed by atoms with E-state index >= 15 is 0 Å². The van der Waals surface area contributed by atoms with Crippen LogP contribution in [0.15, 0.2) is 102 Å². The number of hydrogen-bond acceptors (Lipinski definition) is 1. The maximum Gasteiger partial charge on any atom is 0.122 e. The van der Waals surface area contributed by atoms with E-state index in [-0.39, 0.29) is 0 Å². The molecule has 0 radical (unpaired) electrons. The van der Waals surface area contributed by atoms with Gasteiger partial charge in [0.15, 0.2) is 0 Å².